The van der Waals surface area contributed by atoms with Crippen LogP contribution in [0.2, 0.25) is 5.15 Å². The molecule has 0 saturated heterocycles. The number of hydrogen-bond donors (Lipinski definition) is 2. The number of hydrogen-bond acceptors (Lipinski definition) is 3. The zero-order valence-corrected chi connectivity index (χ0v) is 9.16. The molecule has 0 aliphatic heterocycles. The van der Waals surface area contributed by atoms with Gasteiger partial charge >= 0.3 is 0 Å². The van der Waals surface area contributed by atoms with Crippen LogP contribution in [0.25, 0.3) is 0 Å². The number of aliphatic hydroxyl groups is 1. The predicted octanol–water partition coefficient (Wildman–Crippen LogP) is 1.09. The lowest BCUT2D eigenvalue weighted by atomic mass is 10.2. The molecule has 2 N–H and O–H groups in total. The van der Waals surface area contributed by atoms with Crippen LogP contribution in [0.3, 0.4) is 0 Å². The SMILES string of the molecule is CC(CO)CNC(=O)c1ccc(Cl)nc1. The first-order valence-electron chi connectivity index (χ1n) is 4.64. The topological polar surface area (TPSA) is 62.2 Å². The molecule has 0 aliphatic carbocycles. The maximum absolute atomic E-state index is 11.5. The second kappa shape index (κ2) is 5.68. The number of carbonyl (C=O) groups is 1. The first-order chi connectivity index (χ1) is 7.13. The Kier molecular flexibility index (Phi) is 4.52. The highest BCUT2D eigenvalue weighted by molar-refractivity contribution is 6.29. The van der Waals surface area contributed by atoms with Gasteiger partial charge in [-0.05, 0) is 18.1 Å². The van der Waals surface area contributed by atoms with E-state index in [1.165, 1.54) is 6.20 Å². The van der Waals surface area contributed by atoms with E-state index in [1.54, 1.807) is 12.1 Å². The lowest BCUT2D eigenvalue weighted by molar-refractivity contribution is 0.0942. The molecule has 0 aromatic carbocycles. The van der Waals surface area contributed by atoms with Crippen LogP contribution in [0.4, 0.5) is 0 Å². The molecule has 0 saturated carbocycles. The van der Waals surface area contributed by atoms with Gasteiger partial charge in [-0.2, -0.15) is 0 Å². The van der Waals surface area contributed by atoms with Crippen LogP contribution in [0.5, 0.6) is 0 Å². The third kappa shape index (κ3) is 3.85. The van der Waals surface area contributed by atoms with E-state index < -0.39 is 0 Å². The van der Waals surface area contributed by atoms with Gasteiger partial charge in [0.25, 0.3) is 5.91 Å². The zero-order valence-electron chi connectivity index (χ0n) is 8.40. The van der Waals surface area contributed by atoms with Crippen LogP contribution in [0, 0.1) is 5.92 Å². The fourth-order valence-electron chi connectivity index (χ4n) is 0.944. The van der Waals surface area contributed by atoms with Crippen molar-refractivity contribution < 1.29 is 9.90 Å². The van der Waals surface area contributed by atoms with E-state index in [-0.39, 0.29) is 18.4 Å². The van der Waals surface area contributed by atoms with Crippen LogP contribution in [0.1, 0.15) is 17.3 Å². The third-order valence-corrected chi connectivity index (χ3v) is 2.14. The van der Waals surface area contributed by atoms with Gasteiger partial charge in [0.1, 0.15) is 5.15 Å². The Labute approximate surface area is 93.3 Å². The molecule has 1 aromatic heterocycles. The lowest BCUT2D eigenvalue weighted by Gasteiger charge is -2.09. The summed E-state index contributed by atoms with van der Waals surface area (Å²) >= 11 is 5.59. The highest BCUT2D eigenvalue weighted by Gasteiger charge is 2.07. The molecule has 5 heteroatoms. The molecule has 1 unspecified atom stereocenters. The number of nitrogens with one attached hydrogen (secondary N) is 1. The molecule has 1 rings (SSSR count). The first kappa shape index (κ1) is 11.9. The Hall–Kier alpha value is -1.13. The van der Waals surface area contributed by atoms with E-state index in [9.17, 15) is 4.79 Å². The maximum Gasteiger partial charge on any atom is 0.252 e. The van der Waals surface area contributed by atoms with E-state index in [2.05, 4.69) is 10.3 Å². The zero-order chi connectivity index (χ0) is 11.3. The van der Waals surface area contributed by atoms with Gasteiger partial charge < -0.3 is 10.4 Å². The number of rotatable bonds is 4. The number of carbonyl (C=O) groups excluding carboxylic acids is 1. The predicted molar refractivity (Wildman–Crippen MR) is 57.8 cm³/mol. The summed E-state index contributed by atoms with van der Waals surface area (Å²) in [7, 11) is 0. The fourth-order valence-corrected chi connectivity index (χ4v) is 1.06. The van der Waals surface area contributed by atoms with Gasteiger partial charge in [-0.25, -0.2) is 4.98 Å². The van der Waals surface area contributed by atoms with E-state index in [0.717, 1.165) is 0 Å². The van der Waals surface area contributed by atoms with Gasteiger partial charge in [0.15, 0.2) is 0 Å². The quantitative estimate of drug-likeness (QED) is 0.759. The molecule has 1 atom stereocenters. The highest BCUT2D eigenvalue weighted by Crippen LogP contribution is 2.05. The number of amides is 1. The summed E-state index contributed by atoms with van der Waals surface area (Å²) in [6.07, 6.45) is 1.42. The van der Waals surface area contributed by atoms with Crippen LogP contribution in [-0.2, 0) is 0 Å². The third-order valence-electron chi connectivity index (χ3n) is 1.91. The lowest BCUT2D eigenvalue weighted by Crippen LogP contribution is -2.29. The summed E-state index contributed by atoms with van der Waals surface area (Å²) < 4.78 is 0. The average Bonchev–Trinajstić information content (AvgIpc) is 2.26. The van der Waals surface area contributed by atoms with Crippen molar-refractivity contribution in [3.63, 3.8) is 0 Å². The van der Waals surface area contributed by atoms with Crippen molar-refractivity contribution in [3.05, 3.63) is 29.0 Å². The van der Waals surface area contributed by atoms with Crippen molar-refractivity contribution in [2.75, 3.05) is 13.2 Å². The minimum absolute atomic E-state index is 0.0502. The van der Waals surface area contributed by atoms with Crippen LogP contribution < -0.4 is 5.32 Å². The molecule has 4 nitrogen and oxygen atoms in total. The largest absolute Gasteiger partial charge is 0.396 e. The van der Waals surface area contributed by atoms with Gasteiger partial charge in [0.05, 0.1) is 5.56 Å². The fraction of sp³-hybridized carbons (Fsp3) is 0.400. The molecule has 15 heavy (non-hydrogen) atoms. The van der Waals surface area contributed by atoms with Crippen LogP contribution in [-0.4, -0.2) is 29.1 Å². The monoisotopic (exact) mass is 228 g/mol. The van der Waals surface area contributed by atoms with Gasteiger partial charge in [-0.3, -0.25) is 4.79 Å². The number of nitrogens with zero attached hydrogens (tertiary/aromatic N) is 1. The number of aliphatic hydroxyl groups excluding tert-OH is 1. The standard InChI is InChI=1S/C10H13ClN2O2/c1-7(6-14)4-13-10(15)8-2-3-9(11)12-5-8/h2-3,5,7,14H,4,6H2,1H3,(H,13,15). The van der Waals surface area contributed by atoms with E-state index in [4.69, 9.17) is 16.7 Å². The molecule has 0 radical (unpaired) electrons. The van der Waals surface area contributed by atoms with Gasteiger partial charge in [-0.1, -0.05) is 18.5 Å². The summed E-state index contributed by atoms with van der Waals surface area (Å²) in [5, 5.41) is 11.8. The molecular weight excluding hydrogens is 216 g/mol. The highest BCUT2D eigenvalue weighted by atomic mass is 35.5. The van der Waals surface area contributed by atoms with Crippen LogP contribution >= 0.6 is 11.6 Å². The molecule has 1 amide bonds. The second-order valence-corrected chi connectivity index (χ2v) is 3.75. The minimum Gasteiger partial charge on any atom is -0.396 e. The summed E-state index contributed by atoms with van der Waals surface area (Å²) in [4.78, 5) is 15.3. The Bertz CT molecular complexity index is 327. The number of pyridine rings is 1. The molecule has 0 fully saturated rings. The Morgan fingerprint density at radius 3 is 2.93 bits per heavy atom. The second-order valence-electron chi connectivity index (χ2n) is 3.37. The molecule has 0 aliphatic rings. The van der Waals surface area contributed by atoms with Crippen molar-refractivity contribution in [3.8, 4) is 0 Å². The Morgan fingerprint density at radius 1 is 1.67 bits per heavy atom. The van der Waals surface area contributed by atoms with Crippen LogP contribution in [0.15, 0.2) is 18.3 Å². The first-order valence-corrected chi connectivity index (χ1v) is 5.02. The number of halogens is 1. The van der Waals surface area contributed by atoms with Crippen molar-refractivity contribution in [1.29, 1.82) is 0 Å². The van der Waals surface area contributed by atoms with Crippen molar-refractivity contribution in [2.24, 2.45) is 5.92 Å². The Balaban J connectivity index is 2.50. The van der Waals surface area contributed by atoms with Gasteiger partial charge in [0, 0.05) is 19.3 Å². The van der Waals surface area contributed by atoms with E-state index >= 15 is 0 Å². The van der Waals surface area contributed by atoms with Crippen molar-refractivity contribution in [1.82, 2.24) is 10.3 Å². The molecule has 1 aromatic rings. The summed E-state index contributed by atoms with van der Waals surface area (Å²) in [6.45, 7) is 2.34. The Morgan fingerprint density at radius 2 is 2.40 bits per heavy atom. The van der Waals surface area contributed by atoms with Gasteiger partial charge in [-0.15, -0.1) is 0 Å². The smallest absolute Gasteiger partial charge is 0.252 e. The summed E-state index contributed by atoms with van der Waals surface area (Å²) in [5.41, 5.74) is 0.463. The maximum atomic E-state index is 11.5. The molecule has 1 heterocycles. The minimum atomic E-state index is -0.209. The number of aromatic nitrogens is 1. The van der Waals surface area contributed by atoms with E-state index in [1.807, 2.05) is 6.92 Å². The molecule has 0 bridgehead atoms. The normalized spacial score (nSPS) is 12.2. The van der Waals surface area contributed by atoms with Crippen molar-refractivity contribution in [2.45, 2.75) is 6.92 Å². The summed E-state index contributed by atoms with van der Waals surface area (Å²) in [5.74, 6) is -0.159. The van der Waals surface area contributed by atoms with Gasteiger partial charge in [0.2, 0.25) is 0 Å². The summed E-state index contributed by atoms with van der Waals surface area (Å²) in [6, 6.07) is 3.17. The molecular formula is C10H13ClN2O2. The van der Waals surface area contributed by atoms with E-state index in [0.29, 0.717) is 17.3 Å². The molecule has 82 valence electrons. The average molecular weight is 229 g/mol. The van der Waals surface area contributed by atoms with Crippen molar-refractivity contribution >= 4 is 17.5 Å². The molecule has 0 spiro atoms.